The van der Waals surface area contributed by atoms with Crippen molar-refractivity contribution in [2.24, 2.45) is 0 Å². The van der Waals surface area contributed by atoms with Crippen molar-refractivity contribution in [3.05, 3.63) is 35.1 Å². The summed E-state index contributed by atoms with van der Waals surface area (Å²) in [6.45, 7) is 1.94. The van der Waals surface area contributed by atoms with Gasteiger partial charge in [-0.05, 0) is 24.1 Å². The Hall–Kier alpha value is -1.42. The van der Waals surface area contributed by atoms with Crippen LogP contribution in [0.25, 0.3) is 0 Å². The largest absolute Gasteiger partial charge is 0.277 e. The summed E-state index contributed by atoms with van der Waals surface area (Å²) < 4.78 is 13.2. The molecular formula is C10H12FNO2. The summed E-state index contributed by atoms with van der Waals surface area (Å²) in [6.07, 6.45) is 0.757. The van der Waals surface area contributed by atoms with Crippen LogP contribution in [0.2, 0.25) is 0 Å². The Balaban J connectivity index is 2.99. The standard InChI is InChI=1S/C10H12FNO2/c1-3-7-4-5-9(11)8(6-7)10(13)12-14-2/h4-6H,3H2,1-2H3,(H,12,13). The maximum Gasteiger partial charge on any atom is 0.277 e. The van der Waals surface area contributed by atoms with Crippen LogP contribution in [0.3, 0.4) is 0 Å². The summed E-state index contributed by atoms with van der Waals surface area (Å²) in [4.78, 5) is 15.7. The monoisotopic (exact) mass is 197 g/mol. The van der Waals surface area contributed by atoms with E-state index in [1.165, 1.54) is 19.2 Å². The first-order valence-electron chi connectivity index (χ1n) is 4.30. The molecule has 3 nitrogen and oxygen atoms in total. The third-order valence-electron chi connectivity index (χ3n) is 1.88. The molecule has 0 spiro atoms. The zero-order chi connectivity index (χ0) is 10.6. The van der Waals surface area contributed by atoms with Crippen LogP contribution in [0.1, 0.15) is 22.8 Å². The molecule has 0 heterocycles. The van der Waals surface area contributed by atoms with Crippen molar-refractivity contribution >= 4 is 5.91 Å². The van der Waals surface area contributed by atoms with Gasteiger partial charge >= 0.3 is 0 Å². The fourth-order valence-corrected chi connectivity index (χ4v) is 1.11. The number of hydroxylamine groups is 1. The second-order valence-electron chi connectivity index (χ2n) is 2.80. The Labute approximate surface area is 81.8 Å². The van der Waals surface area contributed by atoms with E-state index in [-0.39, 0.29) is 5.56 Å². The molecule has 0 fully saturated rings. The molecule has 0 radical (unpaired) electrons. The van der Waals surface area contributed by atoms with Gasteiger partial charge < -0.3 is 0 Å². The Morgan fingerprint density at radius 3 is 2.86 bits per heavy atom. The van der Waals surface area contributed by atoms with E-state index in [0.29, 0.717) is 0 Å². The molecule has 76 valence electrons. The van der Waals surface area contributed by atoms with Gasteiger partial charge in [0.1, 0.15) is 5.82 Å². The minimum Gasteiger partial charge on any atom is -0.277 e. The number of amides is 1. The molecule has 0 saturated heterocycles. The van der Waals surface area contributed by atoms with Gasteiger partial charge in [-0.15, -0.1) is 0 Å². The van der Waals surface area contributed by atoms with E-state index >= 15 is 0 Å². The van der Waals surface area contributed by atoms with E-state index in [0.717, 1.165) is 12.0 Å². The molecule has 0 atom stereocenters. The average Bonchev–Trinajstić information content (AvgIpc) is 2.19. The first-order valence-corrected chi connectivity index (χ1v) is 4.30. The number of aryl methyl sites for hydroxylation is 1. The molecule has 1 amide bonds. The van der Waals surface area contributed by atoms with Gasteiger partial charge in [0.25, 0.3) is 5.91 Å². The maximum absolute atomic E-state index is 13.2. The van der Waals surface area contributed by atoms with Gasteiger partial charge in [-0.3, -0.25) is 9.63 Å². The number of rotatable bonds is 3. The molecule has 14 heavy (non-hydrogen) atoms. The number of hydrogen-bond donors (Lipinski definition) is 1. The lowest BCUT2D eigenvalue weighted by atomic mass is 10.1. The second-order valence-corrected chi connectivity index (χ2v) is 2.80. The Morgan fingerprint density at radius 1 is 1.57 bits per heavy atom. The minimum atomic E-state index is -0.569. The van der Waals surface area contributed by atoms with Crippen molar-refractivity contribution in [3.8, 4) is 0 Å². The quantitative estimate of drug-likeness (QED) is 0.748. The van der Waals surface area contributed by atoms with Gasteiger partial charge in [0.15, 0.2) is 0 Å². The highest BCUT2D eigenvalue weighted by molar-refractivity contribution is 5.93. The van der Waals surface area contributed by atoms with Crippen LogP contribution in [-0.4, -0.2) is 13.0 Å². The summed E-state index contributed by atoms with van der Waals surface area (Å²) in [5, 5.41) is 0. The van der Waals surface area contributed by atoms with Crippen molar-refractivity contribution in [2.45, 2.75) is 13.3 Å². The molecule has 0 saturated carbocycles. The van der Waals surface area contributed by atoms with Gasteiger partial charge in [0, 0.05) is 0 Å². The fraction of sp³-hybridized carbons (Fsp3) is 0.300. The molecule has 0 bridgehead atoms. The van der Waals surface area contributed by atoms with Crippen molar-refractivity contribution in [2.75, 3.05) is 7.11 Å². The average molecular weight is 197 g/mol. The number of benzene rings is 1. The van der Waals surface area contributed by atoms with Gasteiger partial charge in [0.05, 0.1) is 12.7 Å². The zero-order valence-corrected chi connectivity index (χ0v) is 8.13. The van der Waals surface area contributed by atoms with Crippen LogP contribution in [-0.2, 0) is 11.3 Å². The zero-order valence-electron chi connectivity index (χ0n) is 8.13. The third kappa shape index (κ3) is 2.29. The van der Waals surface area contributed by atoms with Gasteiger partial charge in [0.2, 0.25) is 0 Å². The van der Waals surface area contributed by atoms with Crippen molar-refractivity contribution in [3.63, 3.8) is 0 Å². The first kappa shape index (κ1) is 10.7. The number of carbonyl (C=O) groups excluding carboxylic acids is 1. The molecule has 0 unspecified atom stereocenters. The van der Waals surface area contributed by atoms with E-state index in [1.807, 2.05) is 6.92 Å². The van der Waals surface area contributed by atoms with Gasteiger partial charge in [-0.25, -0.2) is 9.87 Å². The normalized spacial score (nSPS) is 9.93. The molecular weight excluding hydrogens is 185 g/mol. The van der Waals surface area contributed by atoms with E-state index in [4.69, 9.17) is 0 Å². The summed E-state index contributed by atoms with van der Waals surface area (Å²) in [5.74, 6) is -1.11. The molecule has 1 aromatic carbocycles. The van der Waals surface area contributed by atoms with Gasteiger partial charge in [-0.2, -0.15) is 0 Å². The molecule has 1 N–H and O–H groups in total. The minimum absolute atomic E-state index is 0.00574. The van der Waals surface area contributed by atoms with E-state index in [2.05, 4.69) is 10.3 Å². The molecule has 1 rings (SSSR count). The highest BCUT2D eigenvalue weighted by Gasteiger charge is 2.11. The lowest BCUT2D eigenvalue weighted by Crippen LogP contribution is -2.23. The van der Waals surface area contributed by atoms with Gasteiger partial charge in [-0.1, -0.05) is 13.0 Å². The maximum atomic E-state index is 13.2. The summed E-state index contributed by atoms with van der Waals surface area (Å²) in [6, 6.07) is 4.45. The molecule has 0 aromatic heterocycles. The highest BCUT2D eigenvalue weighted by atomic mass is 19.1. The molecule has 4 heteroatoms. The first-order chi connectivity index (χ1) is 6.69. The SMILES string of the molecule is CCc1ccc(F)c(C(=O)NOC)c1. The van der Waals surface area contributed by atoms with Crippen LogP contribution in [0.4, 0.5) is 4.39 Å². The smallest absolute Gasteiger partial charge is 0.277 e. The van der Waals surface area contributed by atoms with E-state index < -0.39 is 11.7 Å². The lowest BCUT2D eigenvalue weighted by Gasteiger charge is -2.04. The third-order valence-corrected chi connectivity index (χ3v) is 1.88. The van der Waals surface area contributed by atoms with Crippen LogP contribution < -0.4 is 5.48 Å². The molecule has 0 aliphatic rings. The predicted molar refractivity (Wildman–Crippen MR) is 50.3 cm³/mol. The summed E-state index contributed by atoms with van der Waals surface area (Å²) in [7, 11) is 1.31. The Bertz CT molecular complexity index is 339. The molecule has 0 aliphatic heterocycles. The van der Waals surface area contributed by atoms with Crippen LogP contribution in [0.5, 0.6) is 0 Å². The fourth-order valence-electron chi connectivity index (χ4n) is 1.11. The topological polar surface area (TPSA) is 38.3 Å². The number of nitrogens with one attached hydrogen (secondary N) is 1. The number of halogens is 1. The van der Waals surface area contributed by atoms with Crippen molar-refractivity contribution < 1.29 is 14.0 Å². The van der Waals surface area contributed by atoms with E-state index in [9.17, 15) is 9.18 Å². The van der Waals surface area contributed by atoms with Crippen LogP contribution >= 0.6 is 0 Å². The molecule has 0 aliphatic carbocycles. The summed E-state index contributed by atoms with van der Waals surface area (Å²) in [5.41, 5.74) is 2.99. The lowest BCUT2D eigenvalue weighted by molar-refractivity contribution is 0.0533. The number of hydrogen-bond acceptors (Lipinski definition) is 2. The van der Waals surface area contributed by atoms with Crippen LogP contribution in [0, 0.1) is 5.82 Å². The molecule has 1 aromatic rings. The van der Waals surface area contributed by atoms with Crippen molar-refractivity contribution in [1.82, 2.24) is 5.48 Å². The summed E-state index contributed by atoms with van der Waals surface area (Å²) >= 11 is 0. The van der Waals surface area contributed by atoms with Crippen molar-refractivity contribution in [1.29, 1.82) is 0 Å². The van der Waals surface area contributed by atoms with Crippen LogP contribution in [0.15, 0.2) is 18.2 Å². The highest BCUT2D eigenvalue weighted by Crippen LogP contribution is 2.10. The number of carbonyl (C=O) groups is 1. The predicted octanol–water partition coefficient (Wildman–Crippen LogP) is 1.68. The van der Waals surface area contributed by atoms with E-state index in [1.54, 1.807) is 6.07 Å². The Morgan fingerprint density at radius 2 is 2.29 bits per heavy atom. The second kappa shape index (κ2) is 4.72. The Kier molecular flexibility index (Phi) is 3.59.